The molecule has 3 aliphatic rings. The SMILES string of the molecule is Cl.O=C(CN1CCCC(CNC(=O)C2CCCN2)C1)NCC1CCC1. The highest BCUT2D eigenvalue weighted by Crippen LogP contribution is 2.25. The van der Waals surface area contributed by atoms with Gasteiger partial charge in [-0.25, -0.2) is 0 Å². The van der Waals surface area contributed by atoms with Crippen LogP contribution in [0.2, 0.25) is 0 Å². The van der Waals surface area contributed by atoms with Gasteiger partial charge in [0.2, 0.25) is 11.8 Å². The summed E-state index contributed by atoms with van der Waals surface area (Å²) in [6.45, 7) is 4.94. The minimum absolute atomic E-state index is 0. The molecule has 1 saturated carbocycles. The lowest BCUT2D eigenvalue weighted by Gasteiger charge is -2.33. The fourth-order valence-electron chi connectivity index (χ4n) is 3.95. The molecule has 3 fully saturated rings. The molecule has 2 heterocycles. The van der Waals surface area contributed by atoms with Crippen LogP contribution >= 0.6 is 12.4 Å². The second-order valence-electron chi connectivity index (χ2n) is 7.74. The summed E-state index contributed by atoms with van der Waals surface area (Å²) in [7, 11) is 0. The van der Waals surface area contributed by atoms with Crippen molar-refractivity contribution in [3.8, 4) is 0 Å². The molecule has 144 valence electrons. The lowest BCUT2D eigenvalue weighted by Crippen LogP contribution is -2.47. The number of carbonyl (C=O) groups excluding carboxylic acids is 2. The third-order valence-electron chi connectivity index (χ3n) is 5.72. The molecule has 2 unspecified atom stereocenters. The van der Waals surface area contributed by atoms with Gasteiger partial charge in [0.1, 0.15) is 0 Å². The van der Waals surface area contributed by atoms with E-state index in [2.05, 4.69) is 20.9 Å². The number of nitrogens with one attached hydrogen (secondary N) is 3. The maximum Gasteiger partial charge on any atom is 0.237 e. The fourth-order valence-corrected chi connectivity index (χ4v) is 3.95. The highest BCUT2D eigenvalue weighted by molar-refractivity contribution is 5.85. The van der Waals surface area contributed by atoms with Gasteiger partial charge >= 0.3 is 0 Å². The minimum atomic E-state index is 0. The largest absolute Gasteiger partial charge is 0.355 e. The van der Waals surface area contributed by atoms with Crippen LogP contribution in [0.15, 0.2) is 0 Å². The number of hydrogen-bond donors (Lipinski definition) is 3. The molecule has 1 aliphatic carbocycles. The Morgan fingerprint density at radius 1 is 0.960 bits per heavy atom. The lowest BCUT2D eigenvalue weighted by atomic mass is 9.85. The third-order valence-corrected chi connectivity index (χ3v) is 5.72. The zero-order chi connectivity index (χ0) is 16.8. The van der Waals surface area contributed by atoms with Gasteiger partial charge in [0.15, 0.2) is 0 Å². The monoisotopic (exact) mass is 372 g/mol. The summed E-state index contributed by atoms with van der Waals surface area (Å²) < 4.78 is 0. The molecule has 2 atom stereocenters. The van der Waals surface area contributed by atoms with Crippen LogP contribution in [0.5, 0.6) is 0 Å². The normalized spacial score (nSPS) is 27.2. The summed E-state index contributed by atoms with van der Waals surface area (Å²) in [5, 5.41) is 9.41. The smallest absolute Gasteiger partial charge is 0.237 e. The number of piperidine rings is 1. The average molecular weight is 373 g/mol. The summed E-state index contributed by atoms with van der Waals surface area (Å²) in [5.41, 5.74) is 0. The number of likely N-dealkylation sites (tertiary alicyclic amines) is 1. The zero-order valence-corrected chi connectivity index (χ0v) is 15.9. The molecule has 0 aromatic rings. The van der Waals surface area contributed by atoms with E-state index in [1.54, 1.807) is 0 Å². The van der Waals surface area contributed by atoms with Gasteiger partial charge < -0.3 is 16.0 Å². The summed E-state index contributed by atoms with van der Waals surface area (Å²) in [6.07, 6.45) is 8.13. The molecule has 7 heteroatoms. The van der Waals surface area contributed by atoms with Crippen LogP contribution in [-0.4, -0.2) is 62.0 Å². The molecule has 0 aromatic heterocycles. The summed E-state index contributed by atoms with van der Waals surface area (Å²) in [6, 6.07) is 0.00183. The highest BCUT2D eigenvalue weighted by atomic mass is 35.5. The van der Waals surface area contributed by atoms with Gasteiger partial charge in [0.05, 0.1) is 12.6 Å². The second-order valence-corrected chi connectivity index (χ2v) is 7.74. The lowest BCUT2D eigenvalue weighted by molar-refractivity contribution is -0.124. The first kappa shape index (κ1) is 20.5. The summed E-state index contributed by atoms with van der Waals surface area (Å²) in [5.74, 6) is 1.47. The molecule has 0 spiro atoms. The fraction of sp³-hybridized carbons (Fsp3) is 0.889. The predicted octanol–water partition coefficient (Wildman–Crippen LogP) is 0.905. The van der Waals surface area contributed by atoms with Crippen LogP contribution < -0.4 is 16.0 Å². The van der Waals surface area contributed by atoms with Gasteiger partial charge in [-0.2, -0.15) is 0 Å². The Bertz CT molecular complexity index is 439. The third kappa shape index (κ3) is 6.42. The Hall–Kier alpha value is -0.850. The number of nitrogens with zero attached hydrogens (tertiary/aromatic N) is 1. The molecule has 2 aliphatic heterocycles. The van der Waals surface area contributed by atoms with Crippen molar-refractivity contribution in [3.05, 3.63) is 0 Å². The Kier molecular flexibility index (Phi) is 8.46. The van der Waals surface area contributed by atoms with Crippen molar-refractivity contribution < 1.29 is 9.59 Å². The Balaban J connectivity index is 0.00000225. The zero-order valence-electron chi connectivity index (χ0n) is 15.1. The van der Waals surface area contributed by atoms with E-state index in [-0.39, 0.29) is 30.3 Å². The molecule has 3 rings (SSSR count). The molecular weight excluding hydrogens is 340 g/mol. The van der Waals surface area contributed by atoms with E-state index in [0.29, 0.717) is 18.4 Å². The maximum absolute atomic E-state index is 12.1. The Morgan fingerprint density at radius 3 is 2.40 bits per heavy atom. The molecule has 2 saturated heterocycles. The number of halogens is 1. The van der Waals surface area contributed by atoms with E-state index >= 15 is 0 Å². The molecule has 2 amide bonds. The average Bonchev–Trinajstić information content (AvgIpc) is 3.06. The molecule has 0 bridgehead atoms. The van der Waals surface area contributed by atoms with Gasteiger partial charge in [-0.15, -0.1) is 12.4 Å². The van der Waals surface area contributed by atoms with E-state index in [1.165, 1.54) is 19.3 Å². The first-order valence-electron chi connectivity index (χ1n) is 9.71. The highest BCUT2D eigenvalue weighted by Gasteiger charge is 2.25. The topological polar surface area (TPSA) is 73.5 Å². The molecule has 0 aromatic carbocycles. The van der Waals surface area contributed by atoms with Crippen molar-refractivity contribution in [1.82, 2.24) is 20.9 Å². The van der Waals surface area contributed by atoms with Crippen molar-refractivity contribution in [1.29, 1.82) is 0 Å². The summed E-state index contributed by atoms with van der Waals surface area (Å²) in [4.78, 5) is 26.4. The molecule has 0 radical (unpaired) electrons. The van der Waals surface area contributed by atoms with Crippen molar-refractivity contribution in [2.45, 2.75) is 51.0 Å². The van der Waals surface area contributed by atoms with Crippen molar-refractivity contribution in [2.75, 3.05) is 39.3 Å². The standard InChI is InChI=1S/C18H32N4O2.ClH/c23-17(20-10-14-4-1-5-14)13-22-9-3-6-15(12-22)11-21-18(24)16-7-2-8-19-16;/h14-16,19H,1-13H2,(H,20,23)(H,21,24);1H. The van der Waals surface area contributed by atoms with Gasteiger partial charge in [-0.05, 0) is 63.5 Å². The van der Waals surface area contributed by atoms with E-state index in [1.807, 2.05) is 0 Å². The van der Waals surface area contributed by atoms with E-state index in [0.717, 1.165) is 58.4 Å². The number of rotatable bonds is 7. The van der Waals surface area contributed by atoms with Crippen molar-refractivity contribution >= 4 is 24.2 Å². The van der Waals surface area contributed by atoms with Gasteiger partial charge in [0.25, 0.3) is 0 Å². The van der Waals surface area contributed by atoms with Crippen LogP contribution in [0.25, 0.3) is 0 Å². The van der Waals surface area contributed by atoms with E-state index in [4.69, 9.17) is 0 Å². The van der Waals surface area contributed by atoms with Crippen molar-refractivity contribution in [3.63, 3.8) is 0 Å². The summed E-state index contributed by atoms with van der Waals surface area (Å²) >= 11 is 0. The number of carbonyl (C=O) groups is 2. The molecule has 6 nitrogen and oxygen atoms in total. The van der Waals surface area contributed by atoms with Crippen LogP contribution in [0.3, 0.4) is 0 Å². The molecule has 25 heavy (non-hydrogen) atoms. The van der Waals surface area contributed by atoms with Crippen LogP contribution in [-0.2, 0) is 9.59 Å². The predicted molar refractivity (Wildman–Crippen MR) is 101 cm³/mol. The van der Waals surface area contributed by atoms with Crippen LogP contribution in [0, 0.1) is 11.8 Å². The number of hydrogen-bond acceptors (Lipinski definition) is 4. The molecular formula is C18H33ClN4O2. The number of amides is 2. The van der Waals surface area contributed by atoms with Crippen LogP contribution in [0.1, 0.15) is 44.9 Å². The first-order chi connectivity index (χ1) is 11.7. The van der Waals surface area contributed by atoms with Gasteiger partial charge in [-0.1, -0.05) is 6.42 Å². The minimum Gasteiger partial charge on any atom is -0.355 e. The quantitative estimate of drug-likeness (QED) is 0.621. The van der Waals surface area contributed by atoms with E-state index < -0.39 is 0 Å². The van der Waals surface area contributed by atoms with Gasteiger partial charge in [-0.3, -0.25) is 14.5 Å². The Labute approximate surface area is 157 Å². The van der Waals surface area contributed by atoms with Crippen molar-refractivity contribution in [2.24, 2.45) is 11.8 Å². The molecule has 3 N–H and O–H groups in total. The first-order valence-corrected chi connectivity index (χ1v) is 9.71. The van der Waals surface area contributed by atoms with Gasteiger partial charge in [0, 0.05) is 19.6 Å². The second kappa shape index (κ2) is 10.3. The maximum atomic E-state index is 12.1. The van der Waals surface area contributed by atoms with Crippen LogP contribution in [0.4, 0.5) is 0 Å². The Morgan fingerprint density at radius 2 is 1.72 bits per heavy atom. The van der Waals surface area contributed by atoms with E-state index in [9.17, 15) is 9.59 Å².